The molecule has 0 aliphatic rings. The summed E-state index contributed by atoms with van der Waals surface area (Å²) in [5.74, 6) is 0. The van der Waals surface area contributed by atoms with Crippen molar-refractivity contribution in [3.63, 3.8) is 0 Å². The van der Waals surface area contributed by atoms with Crippen molar-refractivity contribution in [2.24, 2.45) is 0 Å². The Balaban J connectivity index is 0. The predicted molar refractivity (Wildman–Crippen MR) is 39.6 cm³/mol. The molecule has 0 heterocycles. The Morgan fingerprint density at radius 3 is 1.00 bits per heavy atom. The molecule has 0 fully saturated rings. The van der Waals surface area contributed by atoms with Crippen LogP contribution in [-0.4, -0.2) is 23.9 Å². The van der Waals surface area contributed by atoms with E-state index in [0.29, 0.717) is 0 Å². The zero-order valence-corrected chi connectivity index (χ0v) is 15.3. The van der Waals surface area contributed by atoms with Gasteiger partial charge in [-0.1, -0.05) is 0 Å². The van der Waals surface area contributed by atoms with E-state index in [-0.39, 0.29) is 143 Å². The van der Waals surface area contributed by atoms with E-state index in [1.165, 1.54) is 0 Å². The van der Waals surface area contributed by atoms with Crippen LogP contribution in [0.4, 0.5) is 0 Å². The molecule has 0 nitrogen and oxygen atoms in total. The van der Waals surface area contributed by atoms with Gasteiger partial charge in [0.15, 0.2) is 0 Å². The SMILES string of the molecule is Cl.Cl.I.[Cu].[H-].[K+].[SnH2]. The van der Waals surface area contributed by atoms with E-state index < -0.39 is 0 Å². The molecule has 0 atom stereocenters. The summed E-state index contributed by atoms with van der Waals surface area (Å²) in [5, 5.41) is 0. The van der Waals surface area contributed by atoms with Gasteiger partial charge in [0.05, 0.1) is 0 Å². The molecule has 6 heavy (non-hydrogen) atoms. The van der Waals surface area contributed by atoms with Gasteiger partial charge >= 0.3 is 75.3 Å². The van der Waals surface area contributed by atoms with E-state index in [1.807, 2.05) is 0 Å². The third-order valence-corrected chi connectivity index (χ3v) is 0. The Labute approximate surface area is 139 Å². The minimum atomic E-state index is 0. The fourth-order valence-corrected chi connectivity index (χ4v) is 0. The van der Waals surface area contributed by atoms with E-state index in [0.717, 1.165) is 0 Å². The summed E-state index contributed by atoms with van der Waals surface area (Å²) in [7, 11) is 0. The normalized spacial score (nSPS) is 0. The molecule has 0 spiro atoms. The Morgan fingerprint density at radius 1 is 1.00 bits per heavy atom. The van der Waals surface area contributed by atoms with Gasteiger partial charge in [-0.2, -0.15) is 0 Å². The van der Waals surface area contributed by atoms with E-state index in [2.05, 4.69) is 0 Å². The van der Waals surface area contributed by atoms with Crippen LogP contribution in [0.1, 0.15) is 1.43 Å². The second kappa shape index (κ2) is 34.8. The van der Waals surface area contributed by atoms with Gasteiger partial charge in [-0.3, -0.25) is 0 Å². The summed E-state index contributed by atoms with van der Waals surface area (Å²) < 4.78 is 0. The van der Waals surface area contributed by atoms with E-state index in [4.69, 9.17) is 0 Å². The molecule has 0 aromatic rings. The molecule has 3 radical (unpaired) electrons. The van der Waals surface area contributed by atoms with Crippen molar-refractivity contribution in [1.82, 2.24) is 0 Å². The molecule has 0 saturated carbocycles. The van der Waals surface area contributed by atoms with Crippen molar-refractivity contribution in [2.45, 2.75) is 0 Å². The first-order chi connectivity index (χ1) is 0. The first-order valence-electron chi connectivity index (χ1n) is 0. The number of hydrogen-bond acceptors (Lipinski definition) is 0. The van der Waals surface area contributed by atoms with Crippen LogP contribution in [-0.2, 0) is 17.1 Å². The Bertz CT molecular complexity index is 17.7. The van der Waals surface area contributed by atoms with Gasteiger partial charge in [0.25, 0.3) is 0 Å². The van der Waals surface area contributed by atoms with Crippen LogP contribution in [0.15, 0.2) is 0 Å². The molecule has 0 aromatic carbocycles. The van der Waals surface area contributed by atoms with Crippen LogP contribution < -0.4 is 51.4 Å². The summed E-state index contributed by atoms with van der Waals surface area (Å²) in [6.07, 6.45) is 0. The summed E-state index contributed by atoms with van der Waals surface area (Å²) >= 11 is 0. The zero-order chi connectivity index (χ0) is 0. The standard InChI is InChI=1S/2ClH.Cu.HI.K.Sn.3H/h2*1H;;1H;;;;;/q;;;;+1;;;;-1. The Morgan fingerprint density at radius 2 is 1.00 bits per heavy atom. The summed E-state index contributed by atoms with van der Waals surface area (Å²) in [6.45, 7) is 0. The molecule has 0 unspecified atom stereocenters. The second-order valence-electron chi connectivity index (χ2n) is 0. The average Bonchev–Trinajstić information content (AvgIpc) is 0. The van der Waals surface area contributed by atoms with E-state index >= 15 is 0 Å². The van der Waals surface area contributed by atoms with Crippen LogP contribution in [0.3, 0.4) is 0 Å². The molecule has 0 N–H and O–H groups in total. The topological polar surface area (TPSA) is 0 Å². The van der Waals surface area contributed by atoms with E-state index in [9.17, 15) is 0 Å². The molecule has 0 bridgehead atoms. The van der Waals surface area contributed by atoms with Crippen molar-refractivity contribution >= 4 is 72.7 Å². The molecule has 0 aliphatic carbocycles. The number of hydrogen-bond donors (Lipinski definition) is 0. The molecular weight excluding hydrogens is 419 g/mol. The molecule has 6 heteroatoms. The third kappa shape index (κ3) is 24.0. The predicted octanol–water partition coefficient (Wildman–Crippen LogP) is -2.34. The fraction of sp³-hybridized carbons (Fsp3) is 0. The van der Waals surface area contributed by atoms with Gasteiger partial charge in [-0.15, -0.1) is 48.8 Å². The maximum absolute atomic E-state index is 0. The molecule has 43 valence electrons. The molecule has 0 amide bonds. The van der Waals surface area contributed by atoms with Gasteiger partial charge in [0, 0.05) is 17.1 Å². The monoisotopic (exact) mass is 425 g/mol. The van der Waals surface area contributed by atoms with Gasteiger partial charge in [0.2, 0.25) is 0 Å². The van der Waals surface area contributed by atoms with Crippen molar-refractivity contribution in [3.05, 3.63) is 0 Å². The number of rotatable bonds is 0. The van der Waals surface area contributed by atoms with Crippen LogP contribution in [0.5, 0.6) is 0 Å². The van der Waals surface area contributed by atoms with Crippen molar-refractivity contribution in [3.8, 4) is 0 Å². The van der Waals surface area contributed by atoms with Crippen molar-refractivity contribution in [2.75, 3.05) is 0 Å². The first kappa shape index (κ1) is 48.4. The van der Waals surface area contributed by atoms with Gasteiger partial charge < -0.3 is 1.43 Å². The quantitative estimate of drug-likeness (QED) is 0.302. The summed E-state index contributed by atoms with van der Waals surface area (Å²) in [5.41, 5.74) is 0. The zero-order valence-electron chi connectivity index (χ0n) is 4.23. The van der Waals surface area contributed by atoms with Crippen molar-refractivity contribution < 1.29 is 69.9 Å². The van der Waals surface area contributed by atoms with Gasteiger partial charge in [-0.05, 0) is 0 Å². The first-order valence-corrected chi connectivity index (χ1v) is 0. The minimum absolute atomic E-state index is 0. The van der Waals surface area contributed by atoms with Crippen LogP contribution in [0.2, 0.25) is 0 Å². The van der Waals surface area contributed by atoms with Crippen LogP contribution in [0, 0.1) is 0 Å². The van der Waals surface area contributed by atoms with Gasteiger partial charge in [0.1, 0.15) is 0 Å². The number of halogens is 3. The van der Waals surface area contributed by atoms with Crippen LogP contribution in [0.25, 0.3) is 0 Å². The molecule has 0 saturated heterocycles. The summed E-state index contributed by atoms with van der Waals surface area (Å²) in [4.78, 5) is 0. The molecule has 0 aromatic heterocycles. The Kier molecular flexibility index (Phi) is 281. The molecular formula is H6Cl2CuIKSn. The maximum atomic E-state index is 0. The molecule has 0 rings (SSSR count). The van der Waals surface area contributed by atoms with Crippen LogP contribution >= 0.6 is 48.8 Å². The van der Waals surface area contributed by atoms with Crippen molar-refractivity contribution in [1.29, 1.82) is 0 Å². The second-order valence-corrected chi connectivity index (χ2v) is 0. The molecule has 0 aliphatic heterocycles. The fourth-order valence-electron chi connectivity index (χ4n) is 0. The van der Waals surface area contributed by atoms with E-state index in [1.54, 1.807) is 0 Å². The summed E-state index contributed by atoms with van der Waals surface area (Å²) in [6, 6.07) is 0. The third-order valence-electron chi connectivity index (χ3n) is 0. The Hall–Kier alpha value is 4.26. The van der Waals surface area contributed by atoms with Gasteiger partial charge in [-0.25, -0.2) is 0 Å². The average molecular weight is 425 g/mol.